The molecule has 1 amide bonds. The highest BCUT2D eigenvalue weighted by Gasteiger charge is 2.15. The molecular weight excluding hydrogens is 258 g/mol. The van der Waals surface area contributed by atoms with E-state index in [-0.39, 0.29) is 12.5 Å². The number of carbonyl (C=O) groups is 2. The molecule has 0 aromatic carbocycles. The van der Waals surface area contributed by atoms with Crippen molar-refractivity contribution >= 4 is 23.2 Å². The Labute approximate surface area is 109 Å². The van der Waals surface area contributed by atoms with Crippen LogP contribution >= 0.6 is 11.3 Å². The predicted molar refractivity (Wildman–Crippen MR) is 65.8 cm³/mol. The lowest BCUT2D eigenvalue weighted by atomic mass is 10.4. The monoisotopic (exact) mass is 273 g/mol. The Morgan fingerprint density at radius 2 is 1.83 bits per heavy atom. The number of nitrogens with one attached hydrogen (secondary N) is 1. The summed E-state index contributed by atoms with van der Waals surface area (Å²) in [4.78, 5) is 23.8. The molecule has 1 aromatic heterocycles. The summed E-state index contributed by atoms with van der Waals surface area (Å²) in [5, 5.41) is 2.64. The van der Waals surface area contributed by atoms with Gasteiger partial charge in [-0.3, -0.25) is 4.79 Å². The number of ether oxygens (including phenoxy) is 3. The molecule has 1 N–H and O–H groups in total. The predicted octanol–water partition coefficient (Wildman–Crippen LogP) is 0.883. The van der Waals surface area contributed by atoms with Crippen molar-refractivity contribution in [3.63, 3.8) is 0 Å². The van der Waals surface area contributed by atoms with Crippen LogP contribution in [0.4, 0.5) is 0 Å². The molecule has 6 nitrogen and oxygen atoms in total. The van der Waals surface area contributed by atoms with E-state index in [9.17, 15) is 9.59 Å². The number of thiophene rings is 1. The molecule has 0 atom stereocenters. The van der Waals surface area contributed by atoms with E-state index in [1.807, 2.05) is 0 Å². The first-order valence-electron chi connectivity index (χ1n) is 5.14. The van der Waals surface area contributed by atoms with Crippen molar-refractivity contribution in [2.45, 2.75) is 6.29 Å². The summed E-state index contributed by atoms with van der Waals surface area (Å²) < 4.78 is 14.4. The van der Waals surface area contributed by atoms with E-state index in [1.54, 1.807) is 12.1 Å². The lowest BCUT2D eigenvalue weighted by Crippen LogP contribution is -2.33. The third-order valence-electron chi connectivity index (χ3n) is 2.17. The van der Waals surface area contributed by atoms with Crippen molar-refractivity contribution in [2.75, 3.05) is 27.9 Å². The molecular formula is C11H15NO5S. The standard InChI is InChI=1S/C11H15NO5S/c1-15-9(16-2)6-12-10(13)7-4-5-8(18-7)11(14)17-3/h4-5,9H,6H2,1-3H3,(H,12,13). The van der Waals surface area contributed by atoms with E-state index < -0.39 is 12.3 Å². The molecule has 1 rings (SSSR count). The zero-order valence-electron chi connectivity index (χ0n) is 10.4. The lowest BCUT2D eigenvalue weighted by Gasteiger charge is -2.13. The van der Waals surface area contributed by atoms with E-state index in [0.717, 1.165) is 11.3 Å². The van der Waals surface area contributed by atoms with Crippen LogP contribution in [0.5, 0.6) is 0 Å². The quantitative estimate of drug-likeness (QED) is 0.615. The average Bonchev–Trinajstić information content (AvgIpc) is 2.88. The zero-order chi connectivity index (χ0) is 13.5. The van der Waals surface area contributed by atoms with Gasteiger partial charge in [0.15, 0.2) is 6.29 Å². The number of amides is 1. The Balaban J connectivity index is 2.57. The molecule has 7 heteroatoms. The van der Waals surface area contributed by atoms with Gasteiger partial charge in [-0.1, -0.05) is 0 Å². The van der Waals surface area contributed by atoms with Crippen LogP contribution < -0.4 is 5.32 Å². The second kappa shape index (κ2) is 7.10. The zero-order valence-corrected chi connectivity index (χ0v) is 11.2. The molecule has 0 unspecified atom stereocenters. The fourth-order valence-corrected chi connectivity index (χ4v) is 2.04. The summed E-state index contributed by atoms with van der Waals surface area (Å²) in [6.45, 7) is 0.233. The topological polar surface area (TPSA) is 73.9 Å². The SMILES string of the molecule is COC(=O)c1ccc(C(=O)NCC(OC)OC)s1. The van der Waals surface area contributed by atoms with Gasteiger partial charge >= 0.3 is 5.97 Å². The molecule has 0 radical (unpaired) electrons. The molecule has 100 valence electrons. The van der Waals surface area contributed by atoms with Crippen molar-refractivity contribution in [3.05, 3.63) is 21.9 Å². The minimum absolute atomic E-state index is 0.233. The number of rotatable bonds is 6. The fraction of sp³-hybridized carbons (Fsp3) is 0.455. The number of carbonyl (C=O) groups excluding carboxylic acids is 2. The first-order chi connectivity index (χ1) is 8.62. The maximum absolute atomic E-state index is 11.7. The van der Waals surface area contributed by atoms with Gasteiger partial charge in [-0.25, -0.2) is 4.79 Å². The minimum atomic E-state index is -0.492. The largest absolute Gasteiger partial charge is 0.465 e. The van der Waals surface area contributed by atoms with Crippen LogP contribution in [0.2, 0.25) is 0 Å². The maximum atomic E-state index is 11.7. The van der Waals surface area contributed by atoms with Crippen LogP contribution in [-0.4, -0.2) is 46.0 Å². The van der Waals surface area contributed by atoms with Crippen LogP contribution in [0, 0.1) is 0 Å². The van der Waals surface area contributed by atoms with Crippen molar-refractivity contribution in [1.29, 1.82) is 0 Å². The number of esters is 1. The molecule has 0 saturated heterocycles. The van der Waals surface area contributed by atoms with Crippen LogP contribution in [0.25, 0.3) is 0 Å². The summed E-state index contributed by atoms with van der Waals surface area (Å²) in [6.07, 6.45) is -0.492. The molecule has 0 fully saturated rings. The van der Waals surface area contributed by atoms with Gasteiger partial charge in [-0.15, -0.1) is 11.3 Å². The first-order valence-corrected chi connectivity index (χ1v) is 5.96. The van der Waals surface area contributed by atoms with E-state index in [1.165, 1.54) is 21.3 Å². The van der Waals surface area contributed by atoms with E-state index >= 15 is 0 Å². The summed E-state index contributed by atoms with van der Waals surface area (Å²) >= 11 is 1.07. The minimum Gasteiger partial charge on any atom is -0.465 e. The third kappa shape index (κ3) is 3.80. The Morgan fingerprint density at radius 3 is 2.39 bits per heavy atom. The number of hydrogen-bond donors (Lipinski definition) is 1. The van der Waals surface area contributed by atoms with Gasteiger partial charge in [0.25, 0.3) is 5.91 Å². The lowest BCUT2D eigenvalue weighted by molar-refractivity contribution is -0.0974. The van der Waals surface area contributed by atoms with Gasteiger partial charge in [0.1, 0.15) is 4.88 Å². The highest BCUT2D eigenvalue weighted by atomic mass is 32.1. The highest BCUT2D eigenvalue weighted by Crippen LogP contribution is 2.17. The molecule has 0 aliphatic rings. The van der Waals surface area contributed by atoms with Crippen molar-refractivity contribution in [1.82, 2.24) is 5.32 Å². The van der Waals surface area contributed by atoms with E-state index in [4.69, 9.17) is 9.47 Å². The Hall–Kier alpha value is -1.44. The second-order valence-corrected chi connectivity index (χ2v) is 4.35. The Kier molecular flexibility index (Phi) is 5.76. The van der Waals surface area contributed by atoms with Gasteiger partial charge in [-0.2, -0.15) is 0 Å². The normalized spacial score (nSPS) is 10.4. The van der Waals surface area contributed by atoms with Crippen molar-refractivity contribution in [2.24, 2.45) is 0 Å². The fourth-order valence-electron chi connectivity index (χ4n) is 1.20. The second-order valence-electron chi connectivity index (χ2n) is 3.27. The van der Waals surface area contributed by atoms with Crippen LogP contribution in [0.3, 0.4) is 0 Å². The maximum Gasteiger partial charge on any atom is 0.348 e. The van der Waals surface area contributed by atoms with Crippen LogP contribution in [0.15, 0.2) is 12.1 Å². The van der Waals surface area contributed by atoms with Crippen LogP contribution in [-0.2, 0) is 14.2 Å². The van der Waals surface area contributed by atoms with Gasteiger partial charge < -0.3 is 19.5 Å². The Bertz CT molecular complexity index is 413. The summed E-state index contributed by atoms with van der Waals surface area (Å²) in [5.41, 5.74) is 0. The molecule has 0 saturated carbocycles. The van der Waals surface area contributed by atoms with E-state index in [0.29, 0.717) is 9.75 Å². The molecule has 18 heavy (non-hydrogen) atoms. The van der Waals surface area contributed by atoms with Crippen LogP contribution in [0.1, 0.15) is 19.3 Å². The molecule has 0 aliphatic heterocycles. The van der Waals surface area contributed by atoms with Gasteiger partial charge in [-0.05, 0) is 12.1 Å². The average molecular weight is 273 g/mol. The van der Waals surface area contributed by atoms with Gasteiger partial charge in [0, 0.05) is 14.2 Å². The third-order valence-corrected chi connectivity index (χ3v) is 3.24. The molecule has 0 aliphatic carbocycles. The van der Waals surface area contributed by atoms with Crippen molar-refractivity contribution in [3.8, 4) is 0 Å². The molecule has 0 spiro atoms. The van der Waals surface area contributed by atoms with Gasteiger partial charge in [0.05, 0.1) is 18.5 Å². The molecule has 0 bridgehead atoms. The summed E-state index contributed by atoms with van der Waals surface area (Å²) in [5.74, 6) is -0.736. The first kappa shape index (κ1) is 14.6. The summed E-state index contributed by atoms with van der Waals surface area (Å²) in [7, 11) is 4.27. The number of methoxy groups -OCH3 is 3. The Morgan fingerprint density at radius 1 is 1.22 bits per heavy atom. The smallest absolute Gasteiger partial charge is 0.348 e. The molecule has 1 heterocycles. The van der Waals surface area contributed by atoms with E-state index in [2.05, 4.69) is 10.1 Å². The molecule has 1 aromatic rings. The highest BCUT2D eigenvalue weighted by molar-refractivity contribution is 7.15. The van der Waals surface area contributed by atoms with Gasteiger partial charge in [0.2, 0.25) is 0 Å². The van der Waals surface area contributed by atoms with Crippen molar-refractivity contribution < 1.29 is 23.8 Å². The number of hydrogen-bond acceptors (Lipinski definition) is 6. The summed E-state index contributed by atoms with van der Waals surface area (Å²) in [6, 6.07) is 3.12.